The summed E-state index contributed by atoms with van der Waals surface area (Å²) in [6.45, 7) is 2.18. The first-order valence-corrected chi connectivity index (χ1v) is 5.29. The van der Waals surface area contributed by atoms with E-state index in [9.17, 15) is 0 Å². The summed E-state index contributed by atoms with van der Waals surface area (Å²) in [6, 6.07) is 6.54. The molecular formula is C11H11Br. The van der Waals surface area contributed by atoms with E-state index in [4.69, 9.17) is 0 Å². The summed E-state index contributed by atoms with van der Waals surface area (Å²) in [7, 11) is 0. The monoisotopic (exact) mass is 222 g/mol. The number of halogens is 1. The molecule has 0 fully saturated rings. The Morgan fingerprint density at radius 3 is 3.00 bits per heavy atom. The number of benzene rings is 1. The summed E-state index contributed by atoms with van der Waals surface area (Å²) in [5.74, 6) is 0. The lowest BCUT2D eigenvalue weighted by Gasteiger charge is -2.05. The average Bonchev–Trinajstić information content (AvgIpc) is 2.48. The maximum absolute atomic E-state index is 3.51. The molecule has 62 valence electrons. The minimum absolute atomic E-state index is 0.970. The summed E-state index contributed by atoms with van der Waals surface area (Å²) in [5.41, 5.74) is 5.80. The minimum atomic E-state index is 0.970. The largest absolute Gasteiger partial charge is 0.0876 e. The summed E-state index contributed by atoms with van der Waals surface area (Å²) in [4.78, 5) is 0. The van der Waals surface area contributed by atoms with Gasteiger partial charge in [-0.15, -0.1) is 0 Å². The van der Waals surface area contributed by atoms with Gasteiger partial charge in [-0.05, 0) is 35.6 Å². The van der Waals surface area contributed by atoms with Gasteiger partial charge in [0.25, 0.3) is 0 Å². The predicted molar refractivity (Wildman–Crippen MR) is 56.4 cm³/mol. The van der Waals surface area contributed by atoms with Crippen LogP contribution in [0.2, 0.25) is 0 Å². The van der Waals surface area contributed by atoms with Crippen LogP contribution in [0.5, 0.6) is 0 Å². The van der Waals surface area contributed by atoms with Crippen molar-refractivity contribution >= 4 is 21.5 Å². The Balaban J connectivity index is 2.56. The normalized spacial score (nSPS) is 14.3. The molecule has 2 rings (SSSR count). The van der Waals surface area contributed by atoms with Crippen molar-refractivity contribution in [2.45, 2.75) is 18.7 Å². The topological polar surface area (TPSA) is 0 Å². The van der Waals surface area contributed by atoms with E-state index in [0.29, 0.717) is 0 Å². The second kappa shape index (κ2) is 3.06. The van der Waals surface area contributed by atoms with E-state index in [-0.39, 0.29) is 0 Å². The maximum Gasteiger partial charge on any atom is 0.0286 e. The Hall–Kier alpha value is -0.560. The highest BCUT2D eigenvalue weighted by Gasteiger charge is 2.12. The number of hydrogen-bond acceptors (Lipinski definition) is 0. The fourth-order valence-electron chi connectivity index (χ4n) is 1.74. The van der Waals surface area contributed by atoms with Gasteiger partial charge in [0.05, 0.1) is 0 Å². The van der Waals surface area contributed by atoms with E-state index in [2.05, 4.69) is 47.1 Å². The van der Waals surface area contributed by atoms with Crippen molar-refractivity contribution in [3.63, 3.8) is 0 Å². The van der Waals surface area contributed by atoms with Gasteiger partial charge in [-0.25, -0.2) is 0 Å². The van der Waals surface area contributed by atoms with Crippen molar-refractivity contribution in [3.8, 4) is 0 Å². The average molecular weight is 223 g/mol. The van der Waals surface area contributed by atoms with Gasteiger partial charge in [-0.1, -0.05) is 40.2 Å². The minimum Gasteiger partial charge on any atom is -0.0876 e. The molecule has 1 aromatic rings. The lowest BCUT2D eigenvalue weighted by Crippen LogP contribution is -1.89. The van der Waals surface area contributed by atoms with Crippen molar-refractivity contribution in [1.29, 1.82) is 0 Å². The van der Waals surface area contributed by atoms with Crippen LogP contribution >= 0.6 is 15.9 Å². The number of fused-ring (bicyclic) bond motifs is 1. The standard InChI is InChI=1S/C11H11Br/c1-8-5-6-11-9(7-12)3-2-4-10(8)11/h2-5H,6-7H2,1H3. The van der Waals surface area contributed by atoms with E-state index < -0.39 is 0 Å². The highest BCUT2D eigenvalue weighted by Crippen LogP contribution is 2.30. The molecule has 0 saturated heterocycles. The molecule has 0 unspecified atom stereocenters. The Kier molecular flexibility index (Phi) is 2.05. The van der Waals surface area contributed by atoms with Crippen LogP contribution in [0.25, 0.3) is 5.57 Å². The Morgan fingerprint density at radius 2 is 2.25 bits per heavy atom. The van der Waals surface area contributed by atoms with Gasteiger partial charge < -0.3 is 0 Å². The molecule has 0 heterocycles. The Bertz CT molecular complexity index is 337. The first-order chi connectivity index (χ1) is 5.83. The molecule has 0 aromatic heterocycles. The second-order valence-electron chi connectivity index (χ2n) is 3.17. The number of allylic oxidation sites excluding steroid dienone is 2. The summed E-state index contributed by atoms with van der Waals surface area (Å²) >= 11 is 3.51. The van der Waals surface area contributed by atoms with Crippen LogP contribution < -0.4 is 0 Å². The maximum atomic E-state index is 3.51. The smallest absolute Gasteiger partial charge is 0.0286 e. The van der Waals surface area contributed by atoms with Crippen LogP contribution in [0, 0.1) is 0 Å². The van der Waals surface area contributed by atoms with Crippen molar-refractivity contribution in [1.82, 2.24) is 0 Å². The zero-order chi connectivity index (χ0) is 8.55. The van der Waals surface area contributed by atoms with Crippen LogP contribution in [0.3, 0.4) is 0 Å². The van der Waals surface area contributed by atoms with Crippen molar-refractivity contribution in [3.05, 3.63) is 41.0 Å². The van der Waals surface area contributed by atoms with Crippen molar-refractivity contribution in [2.24, 2.45) is 0 Å². The van der Waals surface area contributed by atoms with Gasteiger partial charge in [-0.2, -0.15) is 0 Å². The van der Waals surface area contributed by atoms with E-state index in [1.54, 1.807) is 0 Å². The molecule has 0 saturated carbocycles. The molecule has 0 N–H and O–H groups in total. The molecule has 0 amide bonds. The van der Waals surface area contributed by atoms with E-state index in [1.165, 1.54) is 22.3 Å². The molecule has 0 bridgehead atoms. The fraction of sp³-hybridized carbons (Fsp3) is 0.273. The molecule has 0 nitrogen and oxygen atoms in total. The Labute approximate surface area is 81.4 Å². The number of hydrogen-bond donors (Lipinski definition) is 0. The molecule has 1 aromatic carbocycles. The molecule has 0 aliphatic heterocycles. The predicted octanol–water partition coefficient (Wildman–Crippen LogP) is 3.54. The van der Waals surface area contributed by atoms with Gasteiger partial charge in [0.15, 0.2) is 0 Å². The summed E-state index contributed by atoms with van der Waals surface area (Å²) in [6.07, 6.45) is 3.42. The van der Waals surface area contributed by atoms with Crippen molar-refractivity contribution < 1.29 is 0 Å². The van der Waals surface area contributed by atoms with Gasteiger partial charge in [0.2, 0.25) is 0 Å². The first-order valence-electron chi connectivity index (χ1n) is 4.17. The molecule has 1 aliphatic carbocycles. The number of alkyl halides is 1. The Morgan fingerprint density at radius 1 is 1.42 bits per heavy atom. The molecule has 1 aliphatic rings. The summed E-state index contributed by atoms with van der Waals surface area (Å²) in [5, 5.41) is 0.970. The zero-order valence-electron chi connectivity index (χ0n) is 7.10. The fourth-order valence-corrected chi connectivity index (χ4v) is 2.26. The molecule has 1 heteroatoms. The van der Waals surface area contributed by atoms with Crippen LogP contribution in [0.1, 0.15) is 23.6 Å². The molecule has 0 atom stereocenters. The highest BCUT2D eigenvalue weighted by molar-refractivity contribution is 9.08. The lowest BCUT2D eigenvalue weighted by molar-refractivity contribution is 1.23. The second-order valence-corrected chi connectivity index (χ2v) is 3.73. The van der Waals surface area contributed by atoms with Crippen LogP contribution in [0.15, 0.2) is 24.3 Å². The first kappa shape index (κ1) is 8.06. The van der Waals surface area contributed by atoms with Crippen molar-refractivity contribution in [2.75, 3.05) is 0 Å². The lowest BCUT2D eigenvalue weighted by atomic mass is 10.0. The SMILES string of the molecule is CC1=CCc2c(CBr)cccc21. The van der Waals surface area contributed by atoms with Crippen LogP contribution in [0.4, 0.5) is 0 Å². The molecular weight excluding hydrogens is 212 g/mol. The van der Waals surface area contributed by atoms with Gasteiger partial charge in [-0.3, -0.25) is 0 Å². The van der Waals surface area contributed by atoms with Gasteiger partial charge in [0.1, 0.15) is 0 Å². The molecule has 0 radical (unpaired) electrons. The third kappa shape index (κ3) is 1.13. The molecule has 0 spiro atoms. The van der Waals surface area contributed by atoms with Gasteiger partial charge >= 0.3 is 0 Å². The van der Waals surface area contributed by atoms with E-state index >= 15 is 0 Å². The van der Waals surface area contributed by atoms with Crippen LogP contribution in [-0.2, 0) is 11.8 Å². The quantitative estimate of drug-likeness (QED) is 0.638. The summed E-state index contributed by atoms with van der Waals surface area (Å²) < 4.78 is 0. The highest BCUT2D eigenvalue weighted by atomic mass is 79.9. The molecule has 12 heavy (non-hydrogen) atoms. The van der Waals surface area contributed by atoms with Crippen LogP contribution in [-0.4, -0.2) is 0 Å². The van der Waals surface area contributed by atoms with Gasteiger partial charge in [0, 0.05) is 5.33 Å². The zero-order valence-corrected chi connectivity index (χ0v) is 8.69. The third-order valence-corrected chi connectivity index (χ3v) is 3.06. The van der Waals surface area contributed by atoms with E-state index in [0.717, 1.165) is 11.8 Å². The number of rotatable bonds is 1. The third-order valence-electron chi connectivity index (χ3n) is 2.45. The van der Waals surface area contributed by atoms with E-state index in [1.807, 2.05) is 0 Å².